The molecule has 0 bridgehead atoms. The van der Waals surface area contributed by atoms with Gasteiger partial charge in [-0.2, -0.15) is 0 Å². The Bertz CT molecular complexity index is 663. The molecule has 0 saturated carbocycles. The minimum atomic E-state index is -0.454. The van der Waals surface area contributed by atoms with Crippen molar-refractivity contribution in [3.8, 4) is 5.75 Å². The first kappa shape index (κ1) is 13.5. The molecule has 2 heterocycles. The Hall–Kier alpha value is -2.52. The van der Waals surface area contributed by atoms with Crippen molar-refractivity contribution in [1.29, 1.82) is 0 Å². The number of para-hydroxylation sites is 1. The van der Waals surface area contributed by atoms with E-state index >= 15 is 0 Å². The van der Waals surface area contributed by atoms with Gasteiger partial charge in [0, 0.05) is 11.1 Å². The van der Waals surface area contributed by atoms with E-state index < -0.39 is 6.10 Å². The van der Waals surface area contributed by atoms with Gasteiger partial charge in [0.25, 0.3) is 0 Å². The van der Waals surface area contributed by atoms with E-state index in [2.05, 4.69) is 6.08 Å². The molecule has 1 N–H and O–H groups in total. The minimum Gasteiger partial charge on any atom is -0.489 e. The topological polar surface area (TPSA) is 38.7 Å². The van der Waals surface area contributed by atoms with Crippen molar-refractivity contribution in [3.05, 3.63) is 83.9 Å². The number of aliphatic hydroxyl groups is 1. The summed E-state index contributed by atoms with van der Waals surface area (Å²) in [5, 5.41) is 9.18. The van der Waals surface area contributed by atoms with E-state index in [1.54, 1.807) is 24.7 Å². The molecule has 0 radical (unpaired) electrons. The lowest BCUT2D eigenvalue weighted by Crippen LogP contribution is -2.05. The van der Waals surface area contributed by atoms with Crippen LogP contribution in [0.5, 0.6) is 5.75 Å². The molecule has 1 aromatic rings. The third-order valence-electron chi connectivity index (χ3n) is 3.23. The second kappa shape index (κ2) is 6.29. The van der Waals surface area contributed by atoms with Crippen LogP contribution in [0, 0.1) is 0 Å². The molecule has 3 heteroatoms. The van der Waals surface area contributed by atoms with Gasteiger partial charge in [-0.15, -0.1) is 0 Å². The normalized spacial score (nSPS) is 20.7. The molecular formula is C18H16O3. The van der Waals surface area contributed by atoms with Crippen molar-refractivity contribution in [1.82, 2.24) is 0 Å². The van der Waals surface area contributed by atoms with Crippen LogP contribution in [0.25, 0.3) is 6.08 Å². The number of ether oxygens (including phenoxy) is 2. The lowest BCUT2D eigenvalue weighted by molar-refractivity contribution is 0.269. The first-order valence-electron chi connectivity index (χ1n) is 6.82. The number of rotatable bonds is 0. The van der Waals surface area contributed by atoms with Gasteiger partial charge in [-0.25, -0.2) is 0 Å². The molecule has 0 fully saturated rings. The molecule has 0 aromatic heterocycles. The van der Waals surface area contributed by atoms with Crippen LogP contribution in [-0.4, -0.2) is 17.8 Å². The third-order valence-corrected chi connectivity index (χ3v) is 3.23. The number of fused-ring (bicyclic) bond motifs is 2. The standard InChI is InChI=1S/C9H8O2.C9H8O/c10-9-2-1-8-6-11-4-3-7(8)5-9;1-2-6-9-8(4-1)5-3-7-10-9/h1-6,9-10H;1-6H,7H2. The molecule has 0 spiro atoms. The second-order valence-electron chi connectivity index (χ2n) is 4.73. The van der Waals surface area contributed by atoms with E-state index in [1.165, 1.54) is 5.56 Å². The summed E-state index contributed by atoms with van der Waals surface area (Å²) in [6, 6.07) is 8.03. The molecule has 1 aliphatic carbocycles. The molecule has 4 rings (SSSR count). The highest BCUT2D eigenvalue weighted by molar-refractivity contribution is 5.58. The van der Waals surface area contributed by atoms with E-state index in [0.29, 0.717) is 6.61 Å². The van der Waals surface area contributed by atoms with Crippen molar-refractivity contribution >= 4 is 6.08 Å². The molecule has 2 aliphatic heterocycles. The molecule has 21 heavy (non-hydrogen) atoms. The summed E-state index contributed by atoms with van der Waals surface area (Å²) in [6.07, 6.45) is 14.1. The molecular weight excluding hydrogens is 264 g/mol. The summed E-state index contributed by atoms with van der Waals surface area (Å²) in [4.78, 5) is 0. The van der Waals surface area contributed by atoms with Crippen LogP contribution in [0.2, 0.25) is 0 Å². The van der Waals surface area contributed by atoms with Crippen molar-refractivity contribution in [2.75, 3.05) is 6.61 Å². The van der Waals surface area contributed by atoms with Crippen molar-refractivity contribution in [3.63, 3.8) is 0 Å². The Labute approximate surface area is 123 Å². The smallest absolute Gasteiger partial charge is 0.126 e. The van der Waals surface area contributed by atoms with Crippen molar-refractivity contribution in [2.45, 2.75) is 6.10 Å². The Morgan fingerprint density at radius 3 is 2.86 bits per heavy atom. The van der Waals surface area contributed by atoms with Gasteiger partial charge in [0.05, 0.1) is 18.6 Å². The SMILES string of the molecule is C1=Cc2ccccc2OC1.OC1C=CC2=COC=CC2=C1. The molecule has 1 aromatic carbocycles. The third kappa shape index (κ3) is 3.33. The van der Waals surface area contributed by atoms with Crippen LogP contribution in [0.15, 0.2) is 78.3 Å². The van der Waals surface area contributed by atoms with E-state index in [4.69, 9.17) is 9.47 Å². The van der Waals surface area contributed by atoms with Gasteiger partial charge in [0.2, 0.25) is 0 Å². The molecule has 0 saturated heterocycles. The highest BCUT2D eigenvalue weighted by Crippen LogP contribution is 2.22. The van der Waals surface area contributed by atoms with Gasteiger partial charge in [-0.1, -0.05) is 36.4 Å². The summed E-state index contributed by atoms with van der Waals surface area (Å²) < 4.78 is 10.3. The largest absolute Gasteiger partial charge is 0.489 e. The zero-order valence-electron chi connectivity index (χ0n) is 11.5. The number of aliphatic hydroxyl groups excluding tert-OH is 1. The van der Waals surface area contributed by atoms with Crippen molar-refractivity contribution < 1.29 is 14.6 Å². The van der Waals surface area contributed by atoms with E-state index in [-0.39, 0.29) is 0 Å². The zero-order chi connectivity index (χ0) is 14.5. The second-order valence-corrected chi connectivity index (χ2v) is 4.73. The first-order valence-corrected chi connectivity index (χ1v) is 6.82. The van der Waals surface area contributed by atoms with Gasteiger partial charge in [0.15, 0.2) is 0 Å². The summed E-state index contributed by atoms with van der Waals surface area (Å²) >= 11 is 0. The molecule has 1 atom stereocenters. The first-order chi connectivity index (χ1) is 10.3. The number of hydrogen-bond acceptors (Lipinski definition) is 3. The van der Waals surface area contributed by atoms with Gasteiger partial charge >= 0.3 is 0 Å². The summed E-state index contributed by atoms with van der Waals surface area (Å²) in [7, 11) is 0. The Morgan fingerprint density at radius 2 is 1.95 bits per heavy atom. The van der Waals surface area contributed by atoms with Gasteiger partial charge in [-0.3, -0.25) is 0 Å². The molecule has 3 aliphatic rings. The van der Waals surface area contributed by atoms with Crippen molar-refractivity contribution in [2.24, 2.45) is 0 Å². The fraction of sp³-hybridized carbons (Fsp3) is 0.111. The minimum absolute atomic E-state index is 0.454. The highest BCUT2D eigenvalue weighted by atomic mass is 16.5. The fourth-order valence-corrected chi connectivity index (χ4v) is 2.18. The quantitative estimate of drug-likeness (QED) is 0.792. The van der Waals surface area contributed by atoms with Crippen LogP contribution in [0.4, 0.5) is 0 Å². The van der Waals surface area contributed by atoms with E-state index in [9.17, 15) is 5.11 Å². The summed E-state index contributed by atoms with van der Waals surface area (Å²) in [5.74, 6) is 0.991. The maximum absolute atomic E-state index is 9.18. The monoisotopic (exact) mass is 280 g/mol. The van der Waals surface area contributed by atoms with Gasteiger partial charge in [-0.05, 0) is 29.9 Å². The molecule has 0 amide bonds. The number of hydrogen-bond donors (Lipinski definition) is 1. The molecule has 3 nitrogen and oxygen atoms in total. The summed E-state index contributed by atoms with van der Waals surface area (Å²) in [6.45, 7) is 0.705. The Morgan fingerprint density at radius 1 is 1.05 bits per heavy atom. The Kier molecular flexibility index (Phi) is 4.03. The van der Waals surface area contributed by atoms with Gasteiger partial charge in [0.1, 0.15) is 12.4 Å². The maximum Gasteiger partial charge on any atom is 0.126 e. The predicted octanol–water partition coefficient (Wildman–Crippen LogP) is 3.36. The predicted molar refractivity (Wildman–Crippen MR) is 82.5 cm³/mol. The number of allylic oxidation sites excluding steroid dienone is 4. The van der Waals surface area contributed by atoms with Crippen LogP contribution >= 0.6 is 0 Å². The van der Waals surface area contributed by atoms with Crippen LogP contribution in [0.1, 0.15) is 5.56 Å². The highest BCUT2D eigenvalue weighted by Gasteiger charge is 2.10. The molecule has 106 valence electrons. The summed E-state index contributed by atoms with van der Waals surface area (Å²) in [5.41, 5.74) is 3.21. The average Bonchev–Trinajstić information content (AvgIpc) is 2.55. The van der Waals surface area contributed by atoms with Crippen LogP contribution < -0.4 is 4.74 Å². The van der Waals surface area contributed by atoms with Crippen LogP contribution in [-0.2, 0) is 4.74 Å². The van der Waals surface area contributed by atoms with E-state index in [0.717, 1.165) is 16.9 Å². The van der Waals surface area contributed by atoms with E-state index in [1.807, 2.05) is 42.5 Å². The lowest BCUT2D eigenvalue weighted by atomic mass is 9.99. The number of benzene rings is 1. The Balaban J connectivity index is 0.000000126. The van der Waals surface area contributed by atoms with Gasteiger partial charge < -0.3 is 14.6 Å². The average molecular weight is 280 g/mol. The fourth-order valence-electron chi connectivity index (χ4n) is 2.18. The zero-order valence-corrected chi connectivity index (χ0v) is 11.5. The lowest BCUT2D eigenvalue weighted by Gasteiger charge is -2.14. The maximum atomic E-state index is 9.18. The van der Waals surface area contributed by atoms with Crippen LogP contribution in [0.3, 0.4) is 0 Å². The molecule has 1 unspecified atom stereocenters.